The zero-order chi connectivity index (χ0) is 12.5. The third-order valence-electron chi connectivity index (χ3n) is 3.03. The molecule has 90 valence electrons. The third-order valence-corrected chi connectivity index (χ3v) is 3.03. The summed E-state index contributed by atoms with van der Waals surface area (Å²) in [6.45, 7) is 2.03. The Morgan fingerprint density at radius 1 is 1.17 bits per heavy atom. The summed E-state index contributed by atoms with van der Waals surface area (Å²) in [4.78, 5) is 4.66. The molecule has 2 heterocycles. The van der Waals surface area contributed by atoms with Gasteiger partial charge >= 0.3 is 0 Å². The predicted octanol–water partition coefficient (Wildman–Crippen LogP) is 2.82. The first kappa shape index (κ1) is 10.8. The Morgan fingerprint density at radius 2 is 1.94 bits per heavy atom. The molecular formula is C15H15N3. The van der Waals surface area contributed by atoms with Crippen molar-refractivity contribution in [1.29, 1.82) is 0 Å². The second kappa shape index (κ2) is 4.18. The first-order valence-corrected chi connectivity index (χ1v) is 6.00. The van der Waals surface area contributed by atoms with E-state index in [0.29, 0.717) is 0 Å². The van der Waals surface area contributed by atoms with E-state index in [0.717, 1.165) is 29.0 Å². The SMILES string of the molecule is Cc1cc(N)cn2cc(Cc3ccccc3)nc12. The number of fused-ring (bicyclic) bond motifs is 1. The lowest BCUT2D eigenvalue weighted by Crippen LogP contribution is -1.92. The number of hydrogen-bond donors (Lipinski definition) is 1. The van der Waals surface area contributed by atoms with E-state index in [9.17, 15) is 0 Å². The van der Waals surface area contributed by atoms with Crippen LogP contribution in [0.1, 0.15) is 16.8 Å². The molecule has 0 radical (unpaired) electrons. The van der Waals surface area contributed by atoms with Gasteiger partial charge in [0, 0.05) is 24.5 Å². The fourth-order valence-electron chi connectivity index (χ4n) is 2.24. The van der Waals surface area contributed by atoms with E-state index in [4.69, 9.17) is 5.73 Å². The molecule has 0 amide bonds. The summed E-state index contributed by atoms with van der Waals surface area (Å²) in [5, 5.41) is 0. The topological polar surface area (TPSA) is 43.3 Å². The van der Waals surface area contributed by atoms with Gasteiger partial charge in [-0.1, -0.05) is 30.3 Å². The van der Waals surface area contributed by atoms with E-state index < -0.39 is 0 Å². The molecule has 0 fully saturated rings. The van der Waals surface area contributed by atoms with Crippen LogP contribution in [0.25, 0.3) is 5.65 Å². The first-order valence-electron chi connectivity index (χ1n) is 6.00. The van der Waals surface area contributed by atoms with E-state index >= 15 is 0 Å². The van der Waals surface area contributed by atoms with Gasteiger partial charge in [-0.15, -0.1) is 0 Å². The Morgan fingerprint density at radius 3 is 2.72 bits per heavy atom. The second-order valence-electron chi connectivity index (χ2n) is 4.58. The van der Waals surface area contributed by atoms with Crippen molar-refractivity contribution in [2.45, 2.75) is 13.3 Å². The lowest BCUT2D eigenvalue weighted by molar-refractivity contribution is 1.11. The minimum absolute atomic E-state index is 0.767. The van der Waals surface area contributed by atoms with Gasteiger partial charge in [-0.2, -0.15) is 0 Å². The molecule has 3 aromatic rings. The van der Waals surface area contributed by atoms with Gasteiger partial charge in [0.05, 0.1) is 5.69 Å². The summed E-state index contributed by atoms with van der Waals surface area (Å²) in [7, 11) is 0. The normalized spacial score (nSPS) is 10.9. The van der Waals surface area contributed by atoms with Crippen molar-refractivity contribution < 1.29 is 0 Å². The van der Waals surface area contributed by atoms with Crippen LogP contribution in [0, 0.1) is 6.92 Å². The average molecular weight is 237 g/mol. The Hall–Kier alpha value is -2.29. The quantitative estimate of drug-likeness (QED) is 0.744. The lowest BCUT2D eigenvalue weighted by Gasteiger charge is -1.98. The summed E-state index contributed by atoms with van der Waals surface area (Å²) in [6.07, 6.45) is 4.80. The molecule has 0 aliphatic carbocycles. The van der Waals surface area contributed by atoms with Crippen LogP contribution < -0.4 is 5.73 Å². The molecule has 0 bridgehead atoms. The van der Waals surface area contributed by atoms with Crippen molar-refractivity contribution in [3.8, 4) is 0 Å². The number of imidazole rings is 1. The van der Waals surface area contributed by atoms with E-state index in [1.807, 2.05) is 48.0 Å². The van der Waals surface area contributed by atoms with Crippen molar-refractivity contribution in [1.82, 2.24) is 9.38 Å². The van der Waals surface area contributed by atoms with Crippen LogP contribution in [0.3, 0.4) is 0 Å². The smallest absolute Gasteiger partial charge is 0.140 e. The number of aromatic nitrogens is 2. The molecule has 0 atom stereocenters. The highest BCUT2D eigenvalue weighted by Gasteiger charge is 2.05. The second-order valence-corrected chi connectivity index (χ2v) is 4.58. The van der Waals surface area contributed by atoms with Gasteiger partial charge in [0.2, 0.25) is 0 Å². The number of anilines is 1. The first-order chi connectivity index (χ1) is 8.72. The molecule has 18 heavy (non-hydrogen) atoms. The highest BCUT2D eigenvalue weighted by molar-refractivity contribution is 5.55. The number of aryl methyl sites for hydroxylation is 1. The number of rotatable bonds is 2. The molecule has 0 saturated heterocycles. The van der Waals surface area contributed by atoms with Crippen LogP contribution >= 0.6 is 0 Å². The highest BCUT2D eigenvalue weighted by atomic mass is 15.0. The number of benzene rings is 1. The van der Waals surface area contributed by atoms with Crippen LogP contribution in [-0.2, 0) is 6.42 Å². The Bertz CT molecular complexity index is 684. The van der Waals surface area contributed by atoms with Gasteiger partial charge in [0.15, 0.2) is 0 Å². The Balaban J connectivity index is 2.01. The fourth-order valence-corrected chi connectivity index (χ4v) is 2.24. The maximum absolute atomic E-state index is 5.84. The minimum Gasteiger partial charge on any atom is -0.398 e. The molecule has 0 aliphatic rings. The van der Waals surface area contributed by atoms with Crippen molar-refractivity contribution in [3.05, 3.63) is 65.6 Å². The van der Waals surface area contributed by atoms with Crippen LogP contribution in [0.5, 0.6) is 0 Å². The van der Waals surface area contributed by atoms with Gasteiger partial charge < -0.3 is 10.1 Å². The van der Waals surface area contributed by atoms with E-state index in [1.54, 1.807) is 0 Å². The standard InChI is InChI=1S/C15H15N3/c1-11-7-13(16)9-18-10-14(17-15(11)18)8-12-5-3-2-4-6-12/h2-7,9-10H,8,16H2,1H3. The largest absolute Gasteiger partial charge is 0.398 e. The zero-order valence-electron chi connectivity index (χ0n) is 10.3. The van der Waals surface area contributed by atoms with Crippen molar-refractivity contribution >= 4 is 11.3 Å². The van der Waals surface area contributed by atoms with E-state index in [-0.39, 0.29) is 0 Å². The van der Waals surface area contributed by atoms with Gasteiger partial charge in [0.1, 0.15) is 5.65 Å². The van der Waals surface area contributed by atoms with Crippen LogP contribution in [-0.4, -0.2) is 9.38 Å². The van der Waals surface area contributed by atoms with E-state index in [1.165, 1.54) is 5.56 Å². The molecule has 0 saturated carbocycles. The van der Waals surface area contributed by atoms with Crippen LogP contribution in [0.2, 0.25) is 0 Å². The summed E-state index contributed by atoms with van der Waals surface area (Å²) >= 11 is 0. The maximum atomic E-state index is 5.84. The summed E-state index contributed by atoms with van der Waals surface area (Å²) < 4.78 is 2.00. The average Bonchev–Trinajstić information content (AvgIpc) is 2.73. The number of nitrogens with zero attached hydrogens (tertiary/aromatic N) is 2. The van der Waals surface area contributed by atoms with Gasteiger partial charge in [-0.3, -0.25) is 0 Å². The third kappa shape index (κ3) is 1.95. The molecule has 3 nitrogen and oxygen atoms in total. The Kier molecular flexibility index (Phi) is 2.52. The van der Waals surface area contributed by atoms with Crippen LogP contribution in [0.15, 0.2) is 48.8 Å². The summed E-state index contributed by atoms with van der Waals surface area (Å²) in [5.41, 5.74) is 11.0. The highest BCUT2D eigenvalue weighted by Crippen LogP contribution is 2.16. The zero-order valence-corrected chi connectivity index (χ0v) is 10.3. The molecule has 2 aromatic heterocycles. The number of nitrogen functional groups attached to an aromatic ring is 1. The maximum Gasteiger partial charge on any atom is 0.140 e. The summed E-state index contributed by atoms with van der Waals surface area (Å²) in [6, 6.07) is 12.3. The molecule has 2 N–H and O–H groups in total. The summed E-state index contributed by atoms with van der Waals surface area (Å²) in [5.74, 6) is 0. The minimum atomic E-state index is 0.767. The number of pyridine rings is 1. The predicted molar refractivity (Wildman–Crippen MR) is 73.6 cm³/mol. The number of nitrogens with two attached hydrogens (primary N) is 1. The molecule has 3 rings (SSSR count). The molecule has 3 heteroatoms. The lowest BCUT2D eigenvalue weighted by atomic mass is 10.1. The van der Waals surface area contributed by atoms with Gasteiger partial charge in [-0.25, -0.2) is 4.98 Å². The van der Waals surface area contributed by atoms with Gasteiger partial charge in [0.25, 0.3) is 0 Å². The number of hydrogen-bond acceptors (Lipinski definition) is 2. The van der Waals surface area contributed by atoms with Gasteiger partial charge in [-0.05, 0) is 24.1 Å². The molecule has 0 aliphatic heterocycles. The monoisotopic (exact) mass is 237 g/mol. The Labute approximate surface area is 106 Å². The van der Waals surface area contributed by atoms with Crippen molar-refractivity contribution in [3.63, 3.8) is 0 Å². The molecule has 0 spiro atoms. The van der Waals surface area contributed by atoms with Crippen molar-refractivity contribution in [2.24, 2.45) is 0 Å². The molecule has 1 aromatic carbocycles. The molecular weight excluding hydrogens is 222 g/mol. The fraction of sp³-hybridized carbons (Fsp3) is 0.133. The van der Waals surface area contributed by atoms with E-state index in [2.05, 4.69) is 17.1 Å². The molecule has 0 unspecified atom stereocenters. The van der Waals surface area contributed by atoms with Crippen LogP contribution in [0.4, 0.5) is 5.69 Å². The van der Waals surface area contributed by atoms with Crippen molar-refractivity contribution in [2.75, 3.05) is 5.73 Å².